The van der Waals surface area contributed by atoms with E-state index < -0.39 is 5.60 Å². The highest BCUT2D eigenvalue weighted by Crippen LogP contribution is 2.23. The number of likely N-dealkylation sites (tertiary alicyclic amines) is 1. The van der Waals surface area contributed by atoms with E-state index in [0.29, 0.717) is 32.5 Å². The Balaban J connectivity index is 1.95. The molecule has 0 unspecified atom stereocenters. The molecule has 1 aliphatic rings. The summed E-state index contributed by atoms with van der Waals surface area (Å²) in [5, 5.41) is 0. The molecule has 0 aliphatic carbocycles. The highest BCUT2D eigenvalue weighted by Gasteiger charge is 2.32. The van der Waals surface area contributed by atoms with Crippen molar-refractivity contribution in [2.45, 2.75) is 72.6 Å². The molecule has 27 heavy (non-hydrogen) atoms. The van der Waals surface area contributed by atoms with E-state index >= 15 is 0 Å². The third-order valence-electron chi connectivity index (χ3n) is 4.88. The normalized spacial score (nSPS) is 15.7. The lowest BCUT2D eigenvalue weighted by Crippen LogP contribution is -2.47. The molecule has 2 rings (SSSR count). The summed E-state index contributed by atoms with van der Waals surface area (Å²) in [6.45, 7) is 13.6. The number of rotatable bonds is 4. The second-order valence-corrected chi connectivity index (χ2v) is 8.79. The Bertz CT molecular complexity index is 639. The highest BCUT2D eigenvalue weighted by molar-refractivity contribution is 5.79. The first-order chi connectivity index (χ1) is 12.6. The standard InChI is InChI=1S/C22H34N2O3/c1-16(2)24(15-18-9-7-17(3)8-10-18)20(25)19-11-13-23(14-12-19)21(26)27-22(4,5)6/h7-10,16,19H,11-15H2,1-6H3. The van der Waals surface area contributed by atoms with Crippen LogP contribution in [0.3, 0.4) is 0 Å². The minimum absolute atomic E-state index is 0.0310. The van der Waals surface area contributed by atoms with Gasteiger partial charge < -0.3 is 14.5 Å². The van der Waals surface area contributed by atoms with E-state index in [-0.39, 0.29) is 24.0 Å². The molecule has 1 aromatic rings. The average Bonchev–Trinajstić information content (AvgIpc) is 2.59. The van der Waals surface area contributed by atoms with Gasteiger partial charge in [-0.3, -0.25) is 4.79 Å². The van der Waals surface area contributed by atoms with E-state index in [2.05, 4.69) is 45.0 Å². The topological polar surface area (TPSA) is 49.9 Å². The zero-order valence-electron chi connectivity index (χ0n) is 17.6. The van der Waals surface area contributed by atoms with Crippen molar-refractivity contribution in [3.05, 3.63) is 35.4 Å². The molecule has 5 heteroatoms. The molecule has 2 amide bonds. The Morgan fingerprint density at radius 2 is 1.70 bits per heavy atom. The second kappa shape index (κ2) is 8.77. The number of carbonyl (C=O) groups excluding carboxylic acids is 2. The number of hydrogen-bond acceptors (Lipinski definition) is 3. The van der Waals surface area contributed by atoms with Gasteiger partial charge in [0, 0.05) is 31.6 Å². The van der Waals surface area contributed by atoms with Gasteiger partial charge in [-0.25, -0.2) is 4.79 Å². The third kappa shape index (κ3) is 6.26. The molecular formula is C22H34N2O3. The summed E-state index contributed by atoms with van der Waals surface area (Å²) in [6.07, 6.45) is 1.10. The molecule has 0 atom stereocenters. The molecule has 5 nitrogen and oxygen atoms in total. The molecule has 0 saturated carbocycles. The molecule has 1 fully saturated rings. The molecule has 1 aromatic carbocycles. The average molecular weight is 375 g/mol. The van der Waals surface area contributed by atoms with Crippen LogP contribution in [0.1, 0.15) is 58.6 Å². The van der Waals surface area contributed by atoms with Gasteiger partial charge in [-0.2, -0.15) is 0 Å². The van der Waals surface area contributed by atoms with Gasteiger partial charge in [0.2, 0.25) is 5.91 Å². The fraction of sp³-hybridized carbons (Fsp3) is 0.636. The van der Waals surface area contributed by atoms with Gasteiger partial charge in [0.25, 0.3) is 0 Å². The number of piperidine rings is 1. The van der Waals surface area contributed by atoms with Gasteiger partial charge in [0.1, 0.15) is 5.60 Å². The number of ether oxygens (including phenoxy) is 1. The lowest BCUT2D eigenvalue weighted by Gasteiger charge is -2.36. The number of hydrogen-bond donors (Lipinski definition) is 0. The smallest absolute Gasteiger partial charge is 0.410 e. The minimum Gasteiger partial charge on any atom is -0.444 e. The summed E-state index contributed by atoms with van der Waals surface area (Å²) < 4.78 is 5.44. The van der Waals surface area contributed by atoms with E-state index in [1.54, 1.807) is 4.90 Å². The molecule has 1 aliphatic heterocycles. The van der Waals surface area contributed by atoms with Crippen molar-refractivity contribution in [2.24, 2.45) is 5.92 Å². The van der Waals surface area contributed by atoms with Crippen molar-refractivity contribution in [3.8, 4) is 0 Å². The SMILES string of the molecule is Cc1ccc(CN(C(=O)C2CCN(C(=O)OC(C)(C)C)CC2)C(C)C)cc1. The van der Waals surface area contributed by atoms with Crippen molar-refractivity contribution in [2.75, 3.05) is 13.1 Å². The van der Waals surface area contributed by atoms with E-state index in [4.69, 9.17) is 4.74 Å². The largest absolute Gasteiger partial charge is 0.444 e. The van der Waals surface area contributed by atoms with Crippen molar-refractivity contribution in [3.63, 3.8) is 0 Å². The predicted octanol–water partition coefficient (Wildman–Crippen LogP) is 4.38. The van der Waals surface area contributed by atoms with Gasteiger partial charge in [-0.15, -0.1) is 0 Å². The van der Waals surface area contributed by atoms with Crippen LogP contribution in [0.25, 0.3) is 0 Å². The fourth-order valence-corrected chi connectivity index (χ4v) is 3.28. The van der Waals surface area contributed by atoms with Crippen molar-refractivity contribution in [1.29, 1.82) is 0 Å². The van der Waals surface area contributed by atoms with Gasteiger partial charge in [0.15, 0.2) is 0 Å². The summed E-state index contributed by atoms with van der Waals surface area (Å²) >= 11 is 0. The van der Waals surface area contributed by atoms with Gasteiger partial charge in [-0.1, -0.05) is 29.8 Å². The number of carbonyl (C=O) groups is 2. The quantitative estimate of drug-likeness (QED) is 0.786. The summed E-state index contributed by atoms with van der Waals surface area (Å²) in [7, 11) is 0. The maximum absolute atomic E-state index is 13.1. The monoisotopic (exact) mass is 374 g/mol. The molecule has 0 bridgehead atoms. The van der Waals surface area contributed by atoms with Gasteiger partial charge in [0.05, 0.1) is 0 Å². The lowest BCUT2D eigenvalue weighted by molar-refractivity contribution is -0.139. The van der Waals surface area contributed by atoms with E-state index in [0.717, 1.165) is 5.56 Å². The molecule has 0 N–H and O–H groups in total. The zero-order valence-corrected chi connectivity index (χ0v) is 17.6. The predicted molar refractivity (Wildman–Crippen MR) is 107 cm³/mol. The van der Waals surface area contributed by atoms with E-state index in [1.165, 1.54) is 5.56 Å². The summed E-state index contributed by atoms with van der Waals surface area (Å²) in [6, 6.07) is 8.48. The second-order valence-electron chi connectivity index (χ2n) is 8.79. The number of benzene rings is 1. The van der Waals surface area contributed by atoms with Crippen LogP contribution in [0.2, 0.25) is 0 Å². The van der Waals surface area contributed by atoms with Crippen LogP contribution < -0.4 is 0 Å². The lowest BCUT2D eigenvalue weighted by atomic mass is 9.94. The Hall–Kier alpha value is -2.04. The maximum atomic E-state index is 13.1. The molecule has 0 spiro atoms. The zero-order chi connectivity index (χ0) is 20.2. The molecule has 1 heterocycles. The molecule has 1 saturated heterocycles. The number of nitrogens with zero attached hydrogens (tertiary/aromatic N) is 2. The van der Waals surface area contributed by atoms with Crippen LogP contribution in [0.15, 0.2) is 24.3 Å². The summed E-state index contributed by atoms with van der Waals surface area (Å²) in [5.41, 5.74) is 1.87. The maximum Gasteiger partial charge on any atom is 0.410 e. The van der Waals surface area contributed by atoms with E-state index in [9.17, 15) is 9.59 Å². The van der Waals surface area contributed by atoms with Gasteiger partial charge in [-0.05, 0) is 59.9 Å². The first-order valence-corrected chi connectivity index (χ1v) is 9.91. The summed E-state index contributed by atoms with van der Waals surface area (Å²) in [4.78, 5) is 29.0. The third-order valence-corrected chi connectivity index (χ3v) is 4.88. The van der Waals surface area contributed by atoms with Gasteiger partial charge >= 0.3 is 6.09 Å². The first-order valence-electron chi connectivity index (χ1n) is 9.91. The minimum atomic E-state index is -0.494. The van der Waals surface area contributed by atoms with Crippen LogP contribution >= 0.6 is 0 Å². The highest BCUT2D eigenvalue weighted by atomic mass is 16.6. The Labute approximate surface area is 163 Å². The van der Waals surface area contributed by atoms with E-state index in [1.807, 2.05) is 25.7 Å². The Kier molecular flexibility index (Phi) is 6.90. The molecule has 0 radical (unpaired) electrons. The van der Waals surface area contributed by atoms with Crippen LogP contribution in [0, 0.1) is 12.8 Å². The molecular weight excluding hydrogens is 340 g/mol. The van der Waals surface area contributed by atoms with Crippen molar-refractivity contribution >= 4 is 12.0 Å². The Morgan fingerprint density at radius 1 is 1.15 bits per heavy atom. The molecule has 150 valence electrons. The van der Waals surface area contributed by atoms with Crippen molar-refractivity contribution < 1.29 is 14.3 Å². The number of amides is 2. The Morgan fingerprint density at radius 3 is 2.19 bits per heavy atom. The van der Waals surface area contributed by atoms with Crippen LogP contribution in [0.5, 0.6) is 0 Å². The van der Waals surface area contributed by atoms with Crippen LogP contribution in [0.4, 0.5) is 4.79 Å². The number of aryl methyl sites for hydroxylation is 1. The van der Waals surface area contributed by atoms with Crippen LogP contribution in [-0.4, -0.2) is 46.5 Å². The first kappa shape index (κ1) is 21.3. The van der Waals surface area contributed by atoms with Crippen molar-refractivity contribution in [1.82, 2.24) is 9.80 Å². The van der Waals surface area contributed by atoms with Crippen LogP contribution in [-0.2, 0) is 16.1 Å². The summed E-state index contributed by atoms with van der Waals surface area (Å²) in [5.74, 6) is 0.158. The fourth-order valence-electron chi connectivity index (χ4n) is 3.28. The molecule has 0 aromatic heterocycles.